The van der Waals surface area contributed by atoms with Crippen molar-refractivity contribution in [2.75, 3.05) is 5.32 Å². The van der Waals surface area contributed by atoms with Crippen molar-refractivity contribution in [2.45, 2.75) is 44.3 Å². The first-order valence-electron chi connectivity index (χ1n) is 11.3. The Morgan fingerprint density at radius 3 is 2.48 bits per heavy atom. The number of rotatable bonds is 2. The SMILES string of the molecule is CC(C)(C)N1C(=O)[C@@H]2[C@H](Cc3c[nH]c4ccccc34)N[C@]3(C(=O)Nc4ccccc43)[C@@H]2C1=O. The van der Waals surface area contributed by atoms with E-state index in [0.29, 0.717) is 12.1 Å². The summed E-state index contributed by atoms with van der Waals surface area (Å²) in [6, 6.07) is 15.1. The molecule has 33 heavy (non-hydrogen) atoms. The van der Waals surface area contributed by atoms with E-state index in [1.165, 1.54) is 4.90 Å². The number of likely N-dealkylation sites (tertiary alicyclic amines) is 1. The molecule has 6 rings (SSSR count). The van der Waals surface area contributed by atoms with Crippen LogP contribution in [0.25, 0.3) is 10.9 Å². The number of aromatic amines is 1. The van der Waals surface area contributed by atoms with E-state index in [1.54, 1.807) is 0 Å². The van der Waals surface area contributed by atoms with Gasteiger partial charge in [0.05, 0.1) is 11.8 Å². The van der Waals surface area contributed by atoms with Gasteiger partial charge in [0.15, 0.2) is 0 Å². The van der Waals surface area contributed by atoms with Crippen LogP contribution in [0, 0.1) is 11.8 Å². The van der Waals surface area contributed by atoms with Crippen molar-refractivity contribution in [3.05, 3.63) is 65.9 Å². The summed E-state index contributed by atoms with van der Waals surface area (Å²) >= 11 is 0. The third-order valence-corrected chi connectivity index (χ3v) is 7.41. The summed E-state index contributed by atoms with van der Waals surface area (Å²) in [5.74, 6) is -2.16. The average molecular weight is 443 g/mol. The lowest BCUT2D eigenvalue weighted by molar-refractivity contribution is -0.147. The van der Waals surface area contributed by atoms with Crippen LogP contribution in [0.2, 0.25) is 0 Å². The number of H-pyrrole nitrogens is 1. The zero-order valence-corrected chi connectivity index (χ0v) is 18.8. The van der Waals surface area contributed by atoms with Crippen molar-refractivity contribution in [1.29, 1.82) is 0 Å². The summed E-state index contributed by atoms with van der Waals surface area (Å²) in [4.78, 5) is 45.7. The molecule has 3 aromatic rings. The first kappa shape index (κ1) is 20.2. The molecule has 3 aliphatic heterocycles. The number of benzene rings is 2. The Kier molecular flexibility index (Phi) is 4.00. The molecule has 0 saturated carbocycles. The van der Waals surface area contributed by atoms with Gasteiger partial charge in [-0.2, -0.15) is 0 Å². The predicted molar refractivity (Wildman–Crippen MR) is 124 cm³/mol. The topological polar surface area (TPSA) is 94.3 Å². The largest absolute Gasteiger partial charge is 0.361 e. The Morgan fingerprint density at radius 2 is 1.70 bits per heavy atom. The standard InChI is InChI=1S/C26H26N4O3/c1-25(2,3)30-22(31)20-19(12-14-13-27-17-10-6-4-8-15(14)17)29-26(21(20)23(30)32)16-9-5-7-11-18(16)28-24(26)33/h4-11,13,19-21,27,29H,12H2,1-3H3,(H,28,33)/t19-,20+,21-,26-/m0/s1. The smallest absolute Gasteiger partial charge is 0.250 e. The molecule has 4 heterocycles. The second-order valence-corrected chi connectivity index (χ2v) is 10.3. The number of nitrogens with zero attached hydrogens (tertiary/aromatic N) is 1. The van der Waals surface area contributed by atoms with E-state index >= 15 is 0 Å². The second-order valence-electron chi connectivity index (χ2n) is 10.3. The fourth-order valence-corrected chi connectivity index (χ4v) is 6.13. The third-order valence-electron chi connectivity index (χ3n) is 7.41. The Morgan fingerprint density at radius 1 is 0.970 bits per heavy atom. The molecule has 2 fully saturated rings. The van der Waals surface area contributed by atoms with Gasteiger partial charge in [0.2, 0.25) is 17.7 Å². The summed E-state index contributed by atoms with van der Waals surface area (Å²) in [7, 11) is 0. The van der Waals surface area contributed by atoms with Gasteiger partial charge < -0.3 is 10.3 Å². The normalized spacial score (nSPS) is 28.6. The van der Waals surface area contributed by atoms with E-state index in [9.17, 15) is 14.4 Å². The molecule has 1 aromatic heterocycles. The number of anilines is 1. The number of imide groups is 1. The molecule has 3 aliphatic rings. The summed E-state index contributed by atoms with van der Waals surface area (Å²) in [6.45, 7) is 5.59. The average Bonchev–Trinajstić information content (AvgIpc) is 3.47. The van der Waals surface area contributed by atoms with Crippen molar-refractivity contribution in [3.8, 4) is 0 Å². The number of hydrogen-bond acceptors (Lipinski definition) is 4. The Hall–Kier alpha value is -3.45. The van der Waals surface area contributed by atoms with Gasteiger partial charge in [-0.3, -0.25) is 24.6 Å². The number of aromatic nitrogens is 1. The molecular weight excluding hydrogens is 416 g/mol. The van der Waals surface area contributed by atoms with E-state index in [2.05, 4.69) is 15.6 Å². The minimum absolute atomic E-state index is 0.205. The highest BCUT2D eigenvalue weighted by Crippen LogP contribution is 2.54. The van der Waals surface area contributed by atoms with Crippen LogP contribution < -0.4 is 10.6 Å². The van der Waals surface area contributed by atoms with Gasteiger partial charge in [-0.15, -0.1) is 0 Å². The number of carbonyl (C=O) groups is 3. The van der Waals surface area contributed by atoms with Crippen LogP contribution in [0.1, 0.15) is 31.9 Å². The molecule has 0 radical (unpaired) electrons. The molecule has 3 amide bonds. The number of carbonyl (C=O) groups excluding carboxylic acids is 3. The molecule has 168 valence electrons. The summed E-state index contributed by atoms with van der Waals surface area (Å²) < 4.78 is 0. The first-order chi connectivity index (χ1) is 15.7. The number of hydrogen-bond donors (Lipinski definition) is 3. The lowest BCUT2D eigenvalue weighted by atomic mass is 9.76. The Balaban J connectivity index is 1.50. The van der Waals surface area contributed by atoms with Crippen LogP contribution in [-0.4, -0.2) is 39.2 Å². The second kappa shape index (κ2) is 6.54. The van der Waals surface area contributed by atoms with Crippen molar-refractivity contribution in [2.24, 2.45) is 11.8 Å². The number of fused-ring (bicyclic) bond motifs is 5. The molecule has 2 saturated heterocycles. The minimum Gasteiger partial charge on any atom is -0.361 e. The minimum atomic E-state index is -1.26. The lowest BCUT2D eigenvalue weighted by Gasteiger charge is -2.34. The van der Waals surface area contributed by atoms with Crippen LogP contribution in [0.5, 0.6) is 0 Å². The predicted octanol–water partition coefficient (Wildman–Crippen LogP) is 2.93. The van der Waals surface area contributed by atoms with Gasteiger partial charge in [0.1, 0.15) is 5.54 Å². The van der Waals surface area contributed by atoms with E-state index in [-0.39, 0.29) is 23.8 Å². The zero-order chi connectivity index (χ0) is 23.1. The molecule has 2 aromatic carbocycles. The molecule has 7 heteroatoms. The molecule has 3 N–H and O–H groups in total. The maximum absolute atomic E-state index is 13.8. The van der Waals surface area contributed by atoms with E-state index in [1.807, 2.05) is 75.5 Å². The number of para-hydroxylation sites is 2. The van der Waals surface area contributed by atoms with Gasteiger partial charge in [0.25, 0.3) is 0 Å². The highest BCUT2D eigenvalue weighted by molar-refractivity contribution is 6.15. The monoisotopic (exact) mass is 442 g/mol. The quantitative estimate of drug-likeness (QED) is 0.532. The van der Waals surface area contributed by atoms with E-state index in [4.69, 9.17) is 0 Å². The molecule has 7 nitrogen and oxygen atoms in total. The zero-order valence-electron chi connectivity index (χ0n) is 18.8. The summed E-state index contributed by atoms with van der Waals surface area (Å²) in [5, 5.41) is 7.55. The molecule has 0 aliphatic carbocycles. The lowest BCUT2D eigenvalue weighted by Crippen LogP contribution is -2.56. The van der Waals surface area contributed by atoms with Gasteiger partial charge in [-0.05, 0) is 44.9 Å². The maximum atomic E-state index is 13.8. The van der Waals surface area contributed by atoms with Gasteiger partial charge >= 0.3 is 0 Å². The third kappa shape index (κ3) is 2.57. The van der Waals surface area contributed by atoms with Crippen LogP contribution in [0.4, 0.5) is 5.69 Å². The number of amides is 3. The molecule has 1 spiro atoms. The van der Waals surface area contributed by atoms with Crippen molar-refractivity contribution in [1.82, 2.24) is 15.2 Å². The fraction of sp³-hybridized carbons (Fsp3) is 0.346. The Labute approximate surface area is 191 Å². The Bertz CT molecular complexity index is 1340. The van der Waals surface area contributed by atoms with Gasteiger partial charge in [0, 0.05) is 39.9 Å². The maximum Gasteiger partial charge on any atom is 0.250 e. The van der Waals surface area contributed by atoms with E-state index < -0.39 is 22.9 Å². The number of nitrogens with one attached hydrogen (secondary N) is 3. The molecule has 0 unspecified atom stereocenters. The molecular formula is C26H26N4O3. The van der Waals surface area contributed by atoms with Crippen LogP contribution >= 0.6 is 0 Å². The van der Waals surface area contributed by atoms with Gasteiger partial charge in [-0.25, -0.2) is 0 Å². The van der Waals surface area contributed by atoms with Crippen LogP contribution in [0.3, 0.4) is 0 Å². The van der Waals surface area contributed by atoms with Crippen molar-refractivity contribution >= 4 is 34.3 Å². The molecule has 4 atom stereocenters. The van der Waals surface area contributed by atoms with Gasteiger partial charge in [-0.1, -0.05) is 36.4 Å². The molecule has 0 bridgehead atoms. The van der Waals surface area contributed by atoms with Crippen molar-refractivity contribution in [3.63, 3.8) is 0 Å². The van der Waals surface area contributed by atoms with E-state index in [0.717, 1.165) is 22.0 Å². The van der Waals surface area contributed by atoms with Crippen LogP contribution in [0.15, 0.2) is 54.7 Å². The first-order valence-corrected chi connectivity index (χ1v) is 11.3. The van der Waals surface area contributed by atoms with Crippen molar-refractivity contribution < 1.29 is 14.4 Å². The van der Waals surface area contributed by atoms with Crippen LogP contribution in [-0.2, 0) is 26.3 Å². The fourth-order valence-electron chi connectivity index (χ4n) is 6.13. The highest BCUT2D eigenvalue weighted by atomic mass is 16.2. The summed E-state index contributed by atoms with van der Waals surface area (Å²) in [6.07, 6.45) is 2.48. The summed E-state index contributed by atoms with van der Waals surface area (Å²) in [5.41, 5.74) is 1.58. The highest BCUT2D eigenvalue weighted by Gasteiger charge is 2.71.